The average molecular weight is 264 g/mol. The van der Waals surface area contributed by atoms with Crippen molar-refractivity contribution in [2.24, 2.45) is 5.92 Å². The molecule has 19 heavy (non-hydrogen) atoms. The smallest absolute Gasteiger partial charge is 0.338 e. The number of pyridine rings is 1. The summed E-state index contributed by atoms with van der Waals surface area (Å²) in [4.78, 5) is 28.5. The highest BCUT2D eigenvalue weighted by Crippen LogP contribution is 2.27. The summed E-state index contributed by atoms with van der Waals surface area (Å²) in [6.45, 7) is 0.505. The van der Waals surface area contributed by atoms with Crippen LogP contribution in [-0.4, -0.2) is 51.7 Å². The summed E-state index contributed by atoms with van der Waals surface area (Å²) in [5.74, 6) is -1.29. The second-order valence-corrected chi connectivity index (χ2v) is 4.88. The summed E-state index contributed by atoms with van der Waals surface area (Å²) >= 11 is 0. The van der Waals surface area contributed by atoms with E-state index in [2.05, 4.69) is 4.98 Å². The van der Waals surface area contributed by atoms with Gasteiger partial charge in [-0.25, -0.2) is 4.79 Å². The molecule has 0 aliphatic heterocycles. The summed E-state index contributed by atoms with van der Waals surface area (Å²) < 4.78 is 0. The van der Waals surface area contributed by atoms with Crippen molar-refractivity contribution in [2.75, 3.05) is 13.6 Å². The molecule has 1 amide bonds. The Morgan fingerprint density at radius 3 is 2.74 bits per heavy atom. The predicted molar refractivity (Wildman–Crippen MR) is 66.9 cm³/mol. The van der Waals surface area contributed by atoms with Crippen LogP contribution in [-0.2, 0) is 0 Å². The average Bonchev–Trinajstić information content (AvgIpc) is 2.35. The molecule has 1 aromatic rings. The number of aromatic carboxylic acids is 1. The Bertz CT molecular complexity index is 497. The van der Waals surface area contributed by atoms with Gasteiger partial charge in [-0.1, -0.05) is 0 Å². The molecule has 2 rings (SSSR count). The minimum Gasteiger partial charge on any atom is -0.478 e. The van der Waals surface area contributed by atoms with Crippen molar-refractivity contribution < 1.29 is 19.8 Å². The fourth-order valence-electron chi connectivity index (χ4n) is 2.25. The van der Waals surface area contributed by atoms with Crippen LogP contribution in [0.5, 0.6) is 0 Å². The normalized spacial score (nSPS) is 21.6. The number of amides is 1. The molecule has 0 aromatic carbocycles. The van der Waals surface area contributed by atoms with Gasteiger partial charge in [-0.3, -0.25) is 9.78 Å². The highest BCUT2D eigenvalue weighted by molar-refractivity contribution is 6.03. The first-order chi connectivity index (χ1) is 8.99. The van der Waals surface area contributed by atoms with Gasteiger partial charge in [0.2, 0.25) is 0 Å². The number of rotatable bonds is 4. The SMILES string of the molecule is CN(CC1CC(O)C1)C(=O)c1ncccc1C(=O)O. The molecule has 0 bridgehead atoms. The van der Waals surface area contributed by atoms with Crippen LogP contribution >= 0.6 is 0 Å². The molecule has 1 aromatic heterocycles. The van der Waals surface area contributed by atoms with E-state index in [1.54, 1.807) is 7.05 Å². The molecule has 0 radical (unpaired) electrons. The lowest BCUT2D eigenvalue weighted by molar-refractivity contribution is 0.0263. The lowest BCUT2D eigenvalue weighted by Gasteiger charge is -2.34. The zero-order valence-corrected chi connectivity index (χ0v) is 10.6. The zero-order chi connectivity index (χ0) is 14.0. The van der Waals surface area contributed by atoms with Crippen LogP contribution in [0.1, 0.15) is 33.7 Å². The summed E-state index contributed by atoms with van der Waals surface area (Å²) in [6.07, 6.45) is 2.51. The molecule has 1 saturated carbocycles. The van der Waals surface area contributed by atoms with Gasteiger partial charge in [-0.2, -0.15) is 0 Å². The fraction of sp³-hybridized carbons (Fsp3) is 0.462. The van der Waals surface area contributed by atoms with Crippen molar-refractivity contribution in [1.29, 1.82) is 0 Å². The van der Waals surface area contributed by atoms with Gasteiger partial charge in [0.1, 0.15) is 5.69 Å². The van der Waals surface area contributed by atoms with E-state index < -0.39 is 11.9 Å². The molecule has 6 heteroatoms. The number of nitrogens with zero attached hydrogens (tertiary/aromatic N) is 2. The van der Waals surface area contributed by atoms with E-state index in [4.69, 9.17) is 5.11 Å². The van der Waals surface area contributed by atoms with Gasteiger partial charge in [0.25, 0.3) is 5.91 Å². The van der Waals surface area contributed by atoms with E-state index >= 15 is 0 Å². The first-order valence-corrected chi connectivity index (χ1v) is 6.11. The minimum absolute atomic E-state index is 0.0441. The first-order valence-electron chi connectivity index (χ1n) is 6.11. The maximum Gasteiger partial charge on any atom is 0.338 e. The Balaban J connectivity index is 2.08. The maximum atomic E-state index is 12.2. The van der Waals surface area contributed by atoms with Crippen molar-refractivity contribution in [3.8, 4) is 0 Å². The van der Waals surface area contributed by atoms with Gasteiger partial charge in [-0.05, 0) is 30.9 Å². The van der Waals surface area contributed by atoms with Crippen LogP contribution in [0.15, 0.2) is 18.3 Å². The van der Waals surface area contributed by atoms with Gasteiger partial charge in [0.15, 0.2) is 0 Å². The second kappa shape index (κ2) is 5.36. The maximum absolute atomic E-state index is 12.2. The monoisotopic (exact) mass is 264 g/mol. The minimum atomic E-state index is -1.16. The van der Waals surface area contributed by atoms with Crippen LogP contribution < -0.4 is 0 Å². The second-order valence-electron chi connectivity index (χ2n) is 4.88. The van der Waals surface area contributed by atoms with Gasteiger partial charge in [-0.15, -0.1) is 0 Å². The standard InChI is InChI=1S/C13H16N2O4/c1-15(7-8-5-9(16)6-8)12(17)11-10(13(18)19)3-2-4-14-11/h2-4,8-9,16H,5-7H2,1H3,(H,18,19). The van der Waals surface area contributed by atoms with E-state index in [9.17, 15) is 14.7 Å². The van der Waals surface area contributed by atoms with Crippen molar-refractivity contribution in [3.05, 3.63) is 29.6 Å². The Hall–Kier alpha value is -1.95. The van der Waals surface area contributed by atoms with Crippen LogP contribution in [0.4, 0.5) is 0 Å². The molecule has 0 spiro atoms. The molecule has 0 unspecified atom stereocenters. The van der Waals surface area contributed by atoms with E-state index in [-0.39, 0.29) is 23.3 Å². The highest BCUT2D eigenvalue weighted by atomic mass is 16.4. The summed E-state index contributed by atoms with van der Waals surface area (Å²) in [5.41, 5.74) is -0.134. The molecule has 0 atom stereocenters. The molecule has 1 aliphatic carbocycles. The molecule has 1 heterocycles. The van der Waals surface area contributed by atoms with E-state index in [0.717, 1.165) is 0 Å². The van der Waals surface area contributed by atoms with Gasteiger partial charge < -0.3 is 15.1 Å². The fourth-order valence-corrected chi connectivity index (χ4v) is 2.25. The number of aliphatic hydroxyl groups excluding tert-OH is 1. The lowest BCUT2D eigenvalue weighted by atomic mass is 9.82. The largest absolute Gasteiger partial charge is 0.478 e. The van der Waals surface area contributed by atoms with Crippen molar-refractivity contribution >= 4 is 11.9 Å². The third-order valence-electron chi connectivity index (χ3n) is 3.33. The Morgan fingerprint density at radius 2 is 2.16 bits per heavy atom. The van der Waals surface area contributed by atoms with Crippen molar-refractivity contribution in [2.45, 2.75) is 18.9 Å². The molecular weight excluding hydrogens is 248 g/mol. The van der Waals surface area contributed by atoms with Crippen LogP contribution in [0.3, 0.4) is 0 Å². The number of carboxylic acid groups (broad SMARTS) is 1. The van der Waals surface area contributed by atoms with Crippen LogP contribution in [0.25, 0.3) is 0 Å². The third kappa shape index (κ3) is 2.90. The lowest BCUT2D eigenvalue weighted by Crippen LogP contribution is -2.40. The van der Waals surface area contributed by atoms with Gasteiger partial charge in [0.05, 0.1) is 11.7 Å². The van der Waals surface area contributed by atoms with Crippen molar-refractivity contribution in [1.82, 2.24) is 9.88 Å². The summed E-state index contributed by atoms with van der Waals surface area (Å²) in [6, 6.07) is 2.85. The van der Waals surface area contributed by atoms with E-state index in [0.29, 0.717) is 19.4 Å². The molecule has 1 aliphatic rings. The molecule has 1 fully saturated rings. The number of aliphatic hydroxyl groups is 1. The predicted octanol–water partition coefficient (Wildman–Crippen LogP) is 0.623. The van der Waals surface area contributed by atoms with E-state index in [1.807, 2.05) is 0 Å². The zero-order valence-electron chi connectivity index (χ0n) is 10.6. The molecule has 6 nitrogen and oxygen atoms in total. The van der Waals surface area contributed by atoms with Crippen LogP contribution in [0, 0.1) is 5.92 Å². The number of carbonyl (C=O) groups is 2. The number of hydrogen-bond acceptors (Lipinski definition) is 4. The molecule has 0 saturated heterocycles. The quantitative estimate of drug-likeness (QED) is 0.832. The molecular formula is C13H16N2O4. The Kier molecular flexibility index (Phi) is 3.80. The number of carboxylic acids is 1. The first kappa shape index (κ1) is 13.5. The molecule has 102 valence electrons. The molecule has 2 N–H and O–H groups in total. The van der Waals surface area contributed by atoms with Gasteiger partial charge >= 0.3 is 5.97 Å². The summed E-state index contributed by atoms with van der Waals surface area (Å²) in [5, 5.41) is 18.2. The van der Waals surface area contributed by atoms with E-state index in [1.165, 1.54) is 23.2 Å². The van der Waals surface area contributed by atoms with Crippen molar-refractivity contribution in [3.63, 3.8) is 0 Å². The van der Waals surface area contributed by atoms with Crippen LogP contribution in [0.2, 0.25) is 0 Å². The Morgan fingerprint density at radius 1 is 1.47 bits per heavy atom. The number of aromatic nitrogens is 1. The Labute approximate surface area is 110 Å². The number of hydrogen-bond donors (Lipinski definition) is 2. The highest BCUT2D eigenvalue weighted by Gasteiger charge is 2.30. The summed E-state index contributed by atoms with van der Waals surface area (Å²) in [7, 11) is 1.62. The van der Waals surface area contributed by atoms with Gasteiger partial charge in [0, 0.05) is 19.8 Å². The number of carbonyl (C=O) groups excluding carboxylic acids is 1. The third-order valence-corrected chi connectivity index (χ3v) is 3.33. The topological polar surface area (TPSA) is 90.7 Å².